The molecule has 1 heterocycles. The third-order valence-electron chi connectivity index (χ3n) is 3.31. The number of benzene rings is 1. The van der Waals surface area contributed by atoms with Gasteiger partial charge in [-0.2, -0.15) is 0 Å². The van der Waals surface area contributed by atoms with Crippen molar-refractivity contribution in [2.45, 2.75) is 6.43 Å². The Kier molecular flexibility index (Phi) is 6.36. The molecule has 1 aliphatic heterocycles. The van der Waals surface area contributed by atoms with Crippen LogP contribution in [-0.2, 0) is 4.74 Å². The van der Waals surface area contributed by atoms with Crippen molar-refractivity contribution in [3.63, 3.8) is 0 Å². The van der Waals surface area contributed by atoms with Crippen molar-refractivity contribution >= 4 is 21.6 Å². The Morgan fingerprint density at radius 1 is 1.17 bits per heavy atom. The van der Waals surface area contributed by atoms with Crippen molar-refractivity contribution in [1.82, 2.24) is 4.90 Å². The second kappa shape index (κ2) is 8.26. The molecule has 0 radical (unpaired) electrons. The molecule has 1 aromatic carbocycles. The minimum Gasteiger partial charge on any atom is -0.491 e. The number of allylic oxidation sites excluding steroid dienone is 3. The highest BCUT2D eigenvalue weighted by atomic mass is 79.9. The average molecular weight is 386 g/mol. The second-order valence-corrected chi connectivity index (χ2v) is 5.73. The lowest BCUT2D eigenvalue weighted by atomic mass is 10.1. The molecule has 0 amide bonds. The number of rotatable bonds is 7. The molecule has 0 aromatic heterocycles. The van der Waals surface area contributed by atoms with Gasteiger partial charge in [0.15, 0.2) is 0 Å². The van der Waals surface area contributed by atoms with E-state index in [1.54, 1.807) is 13.2 Å². The molecule has 0 saturated carbocycles. The Morgan fingerprint density at radius 3 is 2.48 bits per heavy atom. The van der Waals surface area contributed by atoms with Crippen LogP contribution < -0.4 is 4.74 Å². The van der Waals surface area contributed by atoms with Crippen molar-refractivity contribution < 1.29 is 18.3 Å². The lowest BCUT2D eigenvalue weighted by Gasteiger charge is -2.31. The zero-order chi connectivity index (χ0) is 16.8. The molecular formula is C17H18BrF2NO2. The topological polar surface area (TPSA) is 21.7 Å². The largest absolute Gasteiger partial charge is 0.491 e. The number of halogens is 3. The van der Waals surface area contributed by atoms with Crippen molar-refractivity contribution in [3.05, 3.63) is 58.7 Å². The van der Waals surface area contributed by atoms with Gasteiger partial charge >= 0.3 is 0 Å². The molecule has 23 heavy (non-hydrogen) atoms. The molecule has 0 atom stereocenters. The van der Waals surface area contributed by atoms with E-state index in [-0.39, 0.29) is 0 Å². The molecule has 0 fully saturated rings. The Labute approximate surface area is 143 Å². The fourth-order valence-corrected chi connectivity index (χ4v) is 2.52. The Hall–Kier alpha value is -1.66. The minimum atomic E-state index is -2.45. The van der Waals surface area contributed by atoms with Crippen LogP contribution in [-0.4, -0.2) is 38.2 Å². The Balaban J connectivity index is 2.19. The van der Waals surface area contributed by atoms with Crippen LogP contribution in [0.1, 0.15) is 5.56 Å². The van der Waals surface area contributed by atoms with Gasteiger partial charge < -0.3 is 14.4 Å². The highest BCUT2D eigenvalue weighted by Gasteiger charge is 2.23. The zero-order valence-electron chi connectivity index (χ0n) is 12.8. The summed E-state index contributed by atoms with van der Waals surface area (Å²) in [7, 11) is 1.61. The van der Waals surface area contributed by atoms with Gasteiger partial charge in [-0.1, -0.05) is 6.58 Å². The first-order chi connectivity index (χ1) is 11.0. The Morgan fingerprint density at radius 2 is 1.87 bits per heavy atom. The highest BCUT2D eigenvalue weighted by Crippen LogP contribution is 2.34. The van der Waals surface area contributed by atoms with Gasteiger partial charge in [0.25, 0.3) is 6.43 Å². The summed E-state index contributed by atoms with van der Waals surface area (Å²) >= 11 is 3.33. The lowest BCUT2D eigenvalue weighted by Crippen LogP contribution is -2.28. The quantitative estimate of drug-likeness (QED) is 0.648. The van der Waals surface area contributed by atoms with Gasteiger partial charge in [0, 0.05) is 23.0 Å². The highest BCUT2D eigenvalue weighted by molar-refractivity contribution is 9.12. The molecule has 0 aliphatic carbocycles. The van der Waals surface area contributed by atoms with Gasteiger partial charge in [0.2, 0.25) is 0 Å². The van der Waals surface area contributed by atoms with Crippen LogP contribution in [0.3, 0.4) is 0 Å². The van der Waals surface area contributed by atoms with E-state index in [2.05, 4.69) is 22.5 Å². The molecule has 0 unspecified atom stereocenters. The van der Waals surface area contributed by atoms with Gasteiger partial charge in [-0.05, 0) is 57.9 Å². The smallest absolute Gasteiger partial charge is 0.256 e. The van der Waals surface area contributed by atoms with Crippen molar-refractivity contribution in [2.24, 2.45) is 0 Å². The average Bonchev–Trinajstić information content (AvgIpc) is 2.53. The number of nitrogens with zero attached hydrogens (tertiary/aromatic N) is 1. The third kappa shape index (κ3) is 4.65. The summed E-state index contributed by atoms with van der Waals surface area (Å²) in [6.07, 6.45) is 1.15. The number of methoxy groups -OCH3 is 1. The van der Waals surface area contributed by atoms with E-state index in [1.165, 1.54) is 4.90 Å². The van der Waals surface area contributed by atoms with Crippen LogP contribution in [0.25, 0.3) is 5.70 Å². The van der Waals surface area contributed by atoms with Crippen LogP contribution in [0.5, 0.6) is 5.75 Å². The third-order valence-corrected chi connectivity index (χ3v) is 4.03. The summed E-state index contributed by atoms with van der Waals surface area (Å²) in [6.45, 7) is 4.44. The fraction of sp³-hybridized carbons (Fsp3) is 0.294. The molecule has 1 aromatic rings. The molecule has 2 rings (SSSR count). The molecule has 1 aliphatic rings. The number of ether oxygens (including phenoxy) is 2. The van der Waals surface area contributed by atoms with Crippen LogP contribution in [0.4, 0.5) is 8.78 Å². The van der Waals surface area contributed by atoms with E-state index in [9.17, 15) is 8.78 Å². The van der Waals surface area contributed by atoms with E-state index >= 15 is 0 Å². The molecule has 3 nitrogen and oxygen atoms in total. The first-order valence-electron chi connectivity index (χ1n) is 7.07. The van der Waals surface area contributed by atoms with E-state index in [1.807, 2.05) is 30.3 Å². The Bertz CT molecular complexity index is 612. The monoisotopic (exact) mass is 385 g/mol. The zero-order valence-corrected chi connectivity index (χ0v) is 14.4. The van der Waals surface area contributed by atoms with Gasteiger partial charge in [-0.15, -0.1) is 0 Å². The molecule has 0 N–H and O–H groups in total. The van der Waals surface area contributed by atoms with Crippen LogP contribution >= 0.6 is 15.9 Å². The standard InChI is InChI=1S/C17H18BrF2NO2/c1-12-15(18)7-8-16(21(12)11-17(19)20)13-3-5-14(6-4-13)23-10-9-22-2/h3-8,17H,1,9-11H2,2H3. The van der Waals surface area contributed by atoms with Gasteiger partial charge in [-0.25, -0.2) is 8.78 Å². The number of alkyl halides is 2. The van der Waals surface area contributed by atoms with E-state index < -0.39 is 13.0 Å². The molecule has 124 valence electrons. The molecule has 0 bridgehead atoms. The maximum absolute atomic E-state index is 12.9. The first-order valence-corrected chi connectivity index (χ1v) is 7.87. The lowest BCUT2D eigenvalue weighted by molar-refractivity contribution is 0.123. The van der Waals surface area contributed by atoms with Crippen LogP contribution in [0.15, 0.2) is 53.2 Å². The predicted molar refractivity (Wildman–Crippen MR) is 90.7 cm³/mol. The maximum atomic E-state index is 12.9. The molecule has 0 saturated heterocycles. The van der Waals surface area contributed by atoms with E-state index in [0.29, 0.717) is 34.8 Å². The fourth-order valence-electron chi connectivity index (χ4n) is 2.18. The van der Waals surface area contributed by atoms with Crippen molar-refractivity contribution in [3.8, 4) is 5.75 Å². The van der Waals surface area contributed by atoms with Crippen molar-refractivity contribution in [2.75, 3.05) is 26.9 Å². The minimum absolute atomic E-state index is 0.403. The van der Waals surface area contributed by atoms with Gasteiger partial charge in [0.1, 0.15) is 12.4 Å². The SMILES string of the molecule is C=C1C(Br)=CC=C(c2ccc(OCCOC)cc2)N1CC(F)F. The van der Waals surface area contributed by atoms with Crippen LogP contribution in [0.2, 0.25) is 0 Å². The summed E-state index contributed by atoms with van der Waals surface area (Å²) in [5.74, 6) is 0.707. The van der Waals surface area contributed by atoms with E-state index in [0.717, 1.165) is 5.56 Å². The summed E-state index contributed by atoms with van der Waals surface area (Å²) in [5, 5.41) is 0. The molecule has 0 spiro atoms. The number of hydrogen-bond acceptors (Lipinski definition) is 3. The van der Waals surface area contributed by atoms with E-state index in [4.69, 9.17) is 9.47 Å². The van der Waals surface area contributed by atoms with Gasteiger partial charge in [-0.3, -0.25) is 0 Å². The first kappa shape index (κ1) is 17.7. The summed E-state index contributed by atoms with van der Waals surface area (Å²) < 4.78 is 36.9. The summed E-state index contributed by atoms with van der Waals surface area (Å²) in [5.41, 5.74) is 2.02. The van der Waals surface area contributed by atoms with Crippen molar-refractivity contribution in [1.29, 1.82) is 0 Å². The normalized spacial score (nSPS) is 14.8. The maximum Gasteiger partial charge on any atom is 0.256 e. The predicted octanol–water partition coefficient (Wildman–Crippen LogP) is 4.43. The summed E-state index contributed by atoms with van der Waals surface area (Å²) in [6, 6.07) is 7.30. The van der Waals surface area contributed by atoms with Gasteiger partial charge in [0.05, 0.1) is 13.2 Å². The molecule has 6 heteroatoms. The molecular weight excluding hydrogens is 368 g/mol. The summed E-state index contributed by atoms with van der Waals surface area (Å²) in [4.78, 5) is 1.51. The van der Waals surface area contributed by atoms with Crippen LogP contribution in [0, 0.1) is 0 Å². The number of hydrogen-bond donors (Lipinski definition) is 0. The second-order valence-electron chi connectivity index (χ2n) is 4.88.